The Morgan fingerprint density at radius 2 is 1.70 bits per heavy atom. The standard InChI is InChI=1S/C28H38FN3O4S/c1-20-4-14-26(15-5-20)37(34,35)32-17-16-25(18-32)36-19-27(33)30-24-12-8-22(9-13-24)28(31(2)3)21-6-10-23(29)11-7-21/h4-7,10-11,14-15,22,24-25,28H,8-9,12-13,16-19H2,1-3H3,(H,30,33). The molecule has 202 valence electrons. The summed E-state index contributed by atoms with van der Waals surface area (Å²) in [6, 6.07) is 13.9. The van der Waals surface area contributed by atoms with Gasteiger partial charge in [0.2, 0.25) is 15.9 Å². The molecule has 1 saturated heterocycles. The maximum Gasteiger partial charge on any atom is 0.246 e. The van der Waals surface area contributed by atoms with Crippen LogP contribution in [-0.4, -0.2) is 69.5 Å². The first-order valence-electron chi connectivity index (χ1n) is 13.0. The van der Waals surface area contributed by atoms with Gasteiger partial charge >= 0.3 is 0 Å². The molecule has 0 aromatic heterocycles. The second kappa shape index (κ2) is 12.0. The number of benzene rings is 2. The highest BCUT2D eigenvalue weighted by molar-refractivity contribution is 7.89. The maximum atomic E-state index is 13.4. The number of hydrogen-bond donors (Lipinski definition) is 1. The molecule has 1 N–H and O–H groups in total. The minimum Gasteiger partial charge on any atom is -0.367 e. The summed E-state index contributed by atoms with van der Waals surface area (Å²) in [6.45, 7) is 2.48. The van der Waals surface area contributed by atoms with Crippen LogP contribution in [0.5, 0.6) is 0 Å². The number of carbonyl (C=O) groups is 1. The topological polar surface area (TPSA) is 78.9 Å². The van der Waals surface area contributed by atoms with E-state index >= 15 is 0 Å². The molecule has 1 aliphatic carbocycles. The third-order valence-electron chi connectivity index (χ3n) is 7.57. The maximum absolute atomic E-state index is 13.4. The van der Waals surface area contributed by atoms with Gasteiger partial charge < -0.3 is 15.0 Å². The average Bonchev–Trinajstić information content (AvgIpc) is 3.35. The van der Waals surface area contributed by atoms with Crippen LogP contribution in [0.25, 0.3) is 0 Å². The molecule has 1 saturated carbocycles. The van der Waals surface area contributed by atoms with Crippen LogP contribution in [0, 0.1) is 18.7 Å². The fourth-order valence-electron chi connectivity index (χ4n) is 5.61. The van der Waals surface area contributed by atoms with Crippen LogP contribution in [0.3, 0.4) is 0 Å². The molecule has 1 heterocycles. The lowest BCUT2D eigenvalue weighted by Crippen LogP contribution is -2.42. The van der Waals surface area contributed by atoms with E-state index in [4.69, 9.17) is 4.74 Å². The molecule has 1 amide bonds. The average molecular weight is 532 g/mol. The van der Waals surface area contributed by atoms with E-state index in [1.807, 2.05) is 19.1 Å². The zero-order valence-electron chi connectivity index (χ0n) is 21.9. The van der Waals surface area contributed by atoms with Gasteiger partial charge in [-0.15, -0.1) is 0 Å². The van der Waals surface area contributed by atoms with E-state index in [1.54, 1.807) is 24.3 Å². The molecule has 0 radical (unpaired) electrons. The van der Waals surface area contributed by atoms with Crippen LogP contribution in [0.15, 0.2) is 53.4 Å². The predicted octanol–water partition coefficient (Wildman–Crippen LogP) is 3.89. The summed E-state index contributed by atoms with van der Waals surface area (Å²) in [7, 11) is 0.542. The second-order valence-corrected chi connectivity index (χ2v) is 12.5. The Kier molecular flexibility index (Phi) is 9.00. The van der Waals surface area contributed by atoms with Gasteiger partial charge in [0.15, 0.2) is 0 Å². The van der Waals surface area contributed by atoms with Crippen molar-refractivity contribution in [2.24, 2.45) is 5.92 Å². The Labute approximate surface area is 220 Å². The zero-order valence-corrected chi connectivity index (χ0v) is 22.7. The number of ether oxygens (including phenoxy) is 1. The lowest BCUT2D eigenvalue weighted by atomic mass is 9.78. The Hall–Kier alpha value is -2.33. The van der Waals surface area contributed by atoms with Gasteiger partial charge in [0.05, 0.1) is 11.0 Å². The Bertz CT molecular complexity index is 1150. The molecule has 0 spiro atoms. The summed E-state index contributed by atoms with van der Waals surface area (Å²) in [6.07, 6.45) is 3.99. The quantitative estimate of drug-likeness (QED) is 0.531. The summed E-state index contributed by atoms with van der Waals surface area (Å²) >= 11 is 0. The van der Waals surface area contributed by atoms with Gasteiger partial charge in [-0.05, 0) is 88.9 Å². The molecule has 9 heteroatoms. The highest BCUT2D eigenvalue weighted by Crippen LogP contribution is 2.37. The molecular weight excluding hydrogens is 493 g/mol. The number of aryl methyl sites for hydroxylation is 1. The van der Waals surface area contributed by atoms with Crippen LogP contribution in [-0.2, 0) is 19.6 Å². The fourth-order valence-corrected chi connectivity index (χ4v) is 7.09. The molecular formula is C28H38FN3O4S. The second-order valence-electron chi connectivity index (χ2n) is 10.5. The van der Waals surface area contributed by atoms with E-state index in [1.165, 1.54) is 16.4 Å². The summed E-state index contributed by atoms with van der Waals surface area (Å²) in [5.41, 5.74) is 2.12. The molecule has 2 unspecified atom stereocenters. The number of halogens is 1. The van der Waals surface area contributed by atoms with E-state index in [0.29, 0.717) is 18.9 Å². The van der Waals surface area contributed by atoms with Crippen molar-refractivity contribution in [1.29, 1.82) is 0 Å². The van der Waals surface area contributed by atoms with Crippen molar-refractivity contribution in [2.45, 2.75) is 62.1 Å². The van der Waals surface area contributed by atoms with Crippen molar-refractivity contribution in [3.8, 4) is 0 Å². The fraction of sp³-hybridized carbons (Fsp3) is 0.536. The number of amides is 1. The molecule has 0 bridgehead atoms. The van der Waals surface area contributed by atoms with Crippen LogP contribution in [0.4, 0.5) is 4.39 Å². The monoisotopic (exact) mass is 531 g/mol. The van der Waals surface area contributed by atoms with E-state index in [2.05, 4.69) is 24.3 Å². The van der Waals surface area contributed by atoms with E-state index < -0.39 is 10.0 Å². The van der Waals surface area contributed by atoms with Crippen LogP contribution < -0.4 is 5.32 Å². The minimum atomic E-state index is -3.56. The largest absolute Gasteiger partial charge is 0.367 e. The molecule has 2 fully saturated rings. The first kappa shape index (κ1) is 27.7. The molecule has 37 heavy (non-hydrogen) atoms. The number of rotatable bonds is 9. The molecule has 1 aliphatic heterocycles. The first-order valence-corrected chi connectivity index (χ1v) is 14.5. The lowest BCUT2D eigenvalue weighted by Gasteiger charge is -2.37. The summed E-state index contributed by atoms with van der Waals surface area (Å²) in [5.74, 6) is 0.0453. The summed E-state index contributed by atoms with van der Waals surface area (Å²) < 4.78 is 46.4. The number of carbonyl (C=O) groups excluding carboxylic acids is 1. The predicted molar refractivity (Wildman–Crippen MR) is 141 cm³/mol. The Balaban J connectivity index is 1.21. The van der Waals surface area contributed by atoms with Gasteiger partial charge in [0.25, 0.3) is 0 Å². The molecule has 2 aromatic rings. The first-order chi connectivity index (χ1) is 17.6. The third kappa shape index (κ3) is 6.96. The molecule has 4 rings (SSSR count). The molecule has 7 nitrogen and oxygen atoms in total. The van der Waals surface area contributed by atoms with Crippen molar-refractivity contribution >= 4 is 15.9 Å². The van der Waals surface area contributed by atoms with Gasteiger partial charge in [0.1, 0.15) is 12.4 Å². The van der Waals surface area contributed by atoms with Gasteiger partial charge in [0, 0.05) is 25.2 Å². The zero-order chi connectivity index (χ0) is 26.6. The van der Waals surface area contributed by atoms with E-state index in [0.717, 1.165) is 36.8 Å². The number of hydrogen-bond acceptors (Lipinski definition) is 5. The van der Waals surface area contributed by atoms with Gasteiger partial charge in [-0.2, -0.15) is 4.31 Å². The Morgan fingerprint density at radius 3 is 2.32 bits per heavy atom. The van der Waals surface area contributed by atoms with Gasteiger partial charge in [-0.3, -0.25) is 4.79 Å². The van der Waals surface area contributed by atoms with Crippen molar-refractivity contribution in [3.63, 3.8) is 0 Å². The summed E-state index contributed by atoms with van der Waals surface area (Å²) in [5, 5.41) is 3.09. The normalized spacial score (nSPS) is 23.8. The van der Waals surface area contributed by atoms with Crippen molar-refractivity contribution in [3.05, 3.63) is 65.5 Å². The number of nitrogens with one attached hydrogen (secondary N) is 1. The van der Waals surface area contributed by atoms with Crippen LogP contribution in [0.2, 0.25) is 0 Å². The molecule has 2 aliphatic rings. The van der Waals surface area contributed by atoms with Gasteiger partial charge in [-0.1, -0.05) is 29.8 Å². The highest BCUT2D eigenvalue weighted by Gasteiger charge is 2.34. The number of sulfonamides is 1. The smallest absolute Gasteiger partial charge is 0.246 e. The minimum absolute atomic E-state index is 0.0705. The summed E-state index contributed by atoms with van der Waals surface area (Å²) in [4.78, 5) is 15.0. The number of nitrogens with zero attached hydrogens (tertiary/aromatic N) is 2. The van der Waals surface area contributed by atoms with Crippen molar-refractivity contribution < 1.29 is 22.3 Å². The SMILES string of the molecule is Cc1ccc(S(=O)(=O)N2CCC(OCC(=O)NC3CCC(C(c4ccc(F)cc4)N(C)C)CC3)C2)cc1. The Morgan fingerprint density at radius 1 is 1.05 bits per heavy atom. The third-order valence-corrected chi connectivity index (χ3v) is 9.45. The van der Waals surface area contributed by atoms with Crippen LogP contribution in [0.1, 0.15) is 49.3 Å². The highest BCUT2D eigenvalue weighted by atomic mass is 32.2. The van der Waals surface area contributed by atoms with Crippen molar-refractivity contribution in [1.82, 2.24) is 14.5 Å². The van der Waals surface area contributed by atoms with Crippen molar-refractivity contribution in [2.75, 3.05) is 33.8 Å². The molecule has 2 aromatic carbocycles. The lowest BCUT2D eigenvalue weighted by molar-refractivity contribution is -0.128. The molecule has 2 atom stereocenters. The van der Waals surface area contributed by atoms with E-state index in [-0.39, 0.29) is 48.0 Å². The van der Waals surface area contributed by atoms with Crippen LogP contribution >= 0.6 is 0 Å². The van der Waals surface area contributed by atoms with Gasteiger partial charge in [-0.25, -0.2) is 12.8 Å². The van der Waals surface area contributed by atoms with E-state index in [9.17, 15) is 17.6 Å².